The molecule has 182 valence electrons. The second-order valence-electron chi connectivity index (χ2n) is 8.94. The Morgan fingerprint density at radius 2 is 1.42 bits per heavy atom. The molecule has 2 aromatic rings. The van der Waals surface area contributed by atoms with Crippen LogP contribution >= 0.6 is 11.6 Å². The van der Waals surface area contributed by atoms with Crippen LogP contribution in [-0.4, -0.2) is 12.1 Å². The predicted octanol–water partition coefficient (Wildman–Crippen LogP) is 9.40. The van der Waals surface area contributed by atoms with Gasteiger partial charge in [-0.25, -0.2) is 0 Å². The van der Waals surface area contributed by atoms with Gasteiger partial charge in [0.15, 0.2) is 0 Å². The lowest BCUT2D eigenvalue weighted by atomic mass is 10.1. The van der Waals surface area contributed by atoms with Gasteiger partial charge in [-0.05, 0) is 61.6 Å². The third-order valence-electron chi connectivity index (χ3n) is 5.88. The van der Waals surface area contributed by atoms with Gasteiger partial charge < -0.3 is 9.47 Å². The summed E-state index contributed by atoms with van der Waals surface area (Å²) in [6, 6.07) is 13.5. The Labute approximate surface area is 205 Å². The number of ether oxygens (including phenoxy) is 2. The van der Waals surface area contributed by atoms with Crippen molar-refractivity contribution in [1.82, 2.24) is 0 Å². The van der Waals surface area contributed by atoms with Crippen LogP contribution < -0.4 is 9.47 Å². The largest absolute Gasteiger partial charge is 0.489 e. The summed E-state index contributed by atoms with van der Waals surface area (Å²) in [6.07, 6.45) is 13.6. The van der Waals surface area contributed by atoms with Crippen LogP contribution in [0.4, 0.5) is 0 Å². The van der Waals surface area contributed by atoms with Gasteiger partial charge >= 0.3 is 5.97 Å². The second-order valence-corrected chi connectivity index (χ2v) is 9.35. The van der Waals surface area contributed by atoms with Crippen molar-refractivity contribution in [2.75, 3.05) is 0 Å². The van der Waals surface area contributed by atoms with Gasteiger partial charge in [0.1, 0.15) is 11.5 Å². The number of carbonyl (C=O) groups is 1. The SMILES string of the molecule is CCCCCCCCC(=O)Oc1ccc(-c2ccc(O[C@@H](C)CCCCCC)c(Cl)c2)cc1. The standard InChI is InChI=1S/C29H41ClO3/c1-4-6-8-10-11-13-15-29(31)33-26-19-16-24(17-20-26)25-18-21-28(27(30)22-25)32-23(3)14-12-9-7-5-2/h16-23H,4-15H2,1-3H3/t23-/m0/s1. The molecule has 0 aliphatic carbocycles. The summed E-state index contributed by atoms with van der Waals surface area (Å²) in [4.78, 5) is 12.1. The van der Waals surface area contributed by atoms with E-state index in [9.17, 15) is 4.79 Å². The van der Waals surface area contributed by atoms with Gasteiger partial charge in [-0.2, -0.15) is 0 Å². The molecule has 2 rings (SSSR count). The first-order chi connectivity index (χ1) is 16.0. The highest BCUT2D eigenvalue weighted by Crippen LogP contribution is 2.32. The van der Waals surface area contributed by atoms with Gasteiger partial charge in [0.05, 0.1) is 11.1 Å². The van der Waals surface area contributed by atoms with E-state index in [0.29, 0.717) is 17.2 Å². The van der Waals surface area contributed by atoms with Gasteiger partial charge in [0.2, 0.25) is 0 Å². The van der Waals surface area contributed by atoms with E-state index in [0.717, 1.165) is 36.1 Å². The quantitative estimate of drug-likeness (QED) is 0.138. The molecular formula is C29H41ClO3. The molecule has 0 N–H and O–H groups in total. The third-order valence-corrected chi connectivity index (χ3v) is 6.17. The molecule has 0 unspecified atom stereocenters. The number of unbranched alkanes of at least 4 members (excludes halogenated alkanes) is 8. The minimum Gasteiger partial charge on any atom is -0.489 e. The Morgan fingerprint density at radius 3 is 2.09 bits per heavy atom. The summed E-state index contributed by atoms with van der Waals surface area (Å²) in [5.41, 5.74) is 2.03. The first-order valence-corrected chi connectivity index (χ1v) is 13.2. The average molecular weight is 473 g/mol. The zero-order chi connectivity index (χ0) is 23.9. The number of hydrogen-bond donors (Lipinski definition) is 0. The topological polar surface area (TPSA) is 35.5 Å². The summed E-state index contributed by atoms with van der Waals surface area (Å²) >= 11 is 6.50. The molecule has 33 heavy (non-hydrogen) atoms. The summed E-state index contributed by atoms with van der Waals surface area (Å²) in [5, 5.41) is 0.613. The van der Waals surface area contributed by atoms with E-state index in [2.05, 4.69) is 20.8 Å². The molecule has 0 aromatic heterocycles. The smallest absolute Gasteiger partial charge is 0.311 e. The monoisotopic (exact) mass is 472 g/mol. The molecule has 4 heteroatoms. The van der Waals surface area contributed by atoms with Crippen LogP contribution in [0, 0.1) is 0 Å². The maximum absolute atomic E-state index is 12.1. The van der Waals surface area contributed by atoms with Gasteiger partial charge in [-0.15, -0.1) is 0 Å². The van der Waals surface area contributed by atoms with E-state index in [1.54, 1.807) is 0 Å². The van der Waals surface area contributed by atoms with Gasteiger partial charge in [0.25, 0.3) is 0 Å². The second kappa shape index (κ2) is 15.8. The van der Waals surface area contributed by atoms with Crippen LogP contribution in [-0.2, 0) is 4.79 Å². The number of rotatable bonds is 16. The molecule has 0 heterocycles. The van der Waals surface area contributed by atoms with Gasteiger partial charge in [-0.1, -0.05) is 95.0 Å². The molecule has 0 aliphatic heterocycles. The van der Waals surface area contributed by atoms with E-state index < -0.39 is 0 Å². The van der Waals surface area contributed by atoms with Crippen molar-refractivity contribution in [3.05, 3.63) is 47.5 Å². The lowest BCUT2D eigenvalue weighted by Crippen LogP contribution is -2.11. The first-order valence-electron chi connectivity index (χ1n) is 12.8. The lowest BCUT2D eigenvalue weighted by Gasteiger charge is -2.16. The maximum atomic E-state index is 12.1. The van der Waals surface area contributed by atoms with Gasteiger partial charge in [0, 0.05) is 6.42 Å². The molecular weight excluding hydrogens is 432 g/mol. The number of carbonyl (C=O) groups excluding carboxylic acids is 1. The van der Waals surface area contributed by atoms with Crippen molar-refractivity contribution in [1.29, 1.82) is 0 Å². The summed E-state index contributed by atoms with van der Waals surface area (Å²) in [5.74, 6) is 1.15. The first kappa shape index (κ1) is 27.2. The Bertz CT molecular complexity index is 816. The van der Waals surface area contributed by atoms with Crippen LogP contribution in [0.3, 0.4) is 0 Å². The van der Waals surface area contributed by atoms with Gasteiger partial charge in [-0.3, -0.25) is 4.79 Å². The third kappa shape index (κ3) is 10.6. The lowest BCUT2D eigenvalue weighted by molar-refractivity contribution is -0.134. The fourth-order valence-corrected chi connectivity index (χ4v) is 4.08. The fraction of sp³-hybridized carbons (Fsp3) is 0.552. The molecule has 0 bridgehead atoms. The minimum atomic E-state index is -0.161. The van der Waals surface area contributed by atoms with E-state index in [1.165, 1.54) is 51.4 Å². The number of halogens is 1. The molecule has 0 amide bonds. The molecule has 0 radical (unpaired) electrons. The number of esters is 1. The highest BCUT2D eigenvalue weighted by atomic mass is 35.5. The molecule has 2 aromatic carbocycles. The van der Waals surface area contributed by atoms with E-state index in [1.807, 2.05) is 42.5 Å². The molecule has 3 nitrogen and oxygen atoms in total. The van der Waals surface area contributed by atoms with E-state index in [4.69, 9.17) is 21.1 Å². The Morgan fingerprint density at radius 1 is 0.818 bits per heavy atom. The minimum absolute atomic E-state index is 0.149. The average Bonchev–Trinajstić information content (AvgIpc) is 2.81. The maximum Gasteiger partial charge on any atom is 0.311 e. The zero-order valence-corrected chi connectivity index (χ0v) is 21.5. The summed E-state index contributed by atoms with van der Waals surface area (Å²) < 4.78 is 11.5. The van der Waals surface area contributed by atoms with Crippen LogP contribution in [0.25, 0.3) is 11.1 Å². The Balaban J connectivity index is 1.82. The van der Waals surface area contributed by atoms with Crippen molar-refractivity contribution < 1.29 is 14.3 Å². The van der Waals surface area contributed by atoms with Crippen LogP contribution in [0.2, 0.25) is 5.02 Å². The molecule has 0 spiro atoms. The summed E-state index contributed by atoms with van der Waals surface area (Å²) in [7, 11) is 0. The molecule has 1 atom stereocenters. The van der Waals surface area contributed by atoms with Crippen molar-refractivity contribution in [3.8, 4) is 22.6 Å². The van der Waals surface area contributed by atoms with Crippen LogP contribution in [0.1, 0.15) is 97.8 Å². The Hall–Kier alpha value is -2.00. The highest BCUT2D eigenvalue weighted by Gasteiger charge is 2.10. The van der Waals surface area contributed by atoms with Crippen LogP contribution in [0.15, 0.2) is 42.5 Å². The normalized spacial score (nSPS) is 11.9. The Kier molecular flexibility index (Phi) is 13.0. The molecule has 0 saturated heterocycles. The van der Waals surface area contributed by atoms with Crippen molar-refractivity contribution in [2.45, 2.75) is 104 Å². The highest BCUT2D eigenvalue weighted by molar-refractivity contribution is 6.32. The number of hydrogen-bond acceptors (Lipinski definition) is 3. The predicted molar refractivity (Wildman–Crippen MR) is 139 cm³/mol. The van der Waals surface area contributed by atoms with Crippen molar-refractivity contribution >= 4 is 17.6 Å². The zero-order valence-electron chi connectivity index (χ0n) is 20.7. The summed E-state index contributed by atoms with van der Waals surface area (Å²) in [6.45, 7) is 6.53. The van der Waals surface area contributed by atoms with Crippen molar-refractivity contribution in [2.24, 2.45) is 0 Å². The molecule has 0 saturated carbocycles. The number of benzene rings is 2. The fourth-order valence-electron chi connectivity index (χ4n) is 3.86. The van der Waals surface area contributed by atoms with Crippen LogP contribution in [0.5, 0.6) is 11.5 Å². The molecule has 0 fully saturated rings. The van der Waals surface area contributed by atoms with E-state index in [-0.39, 0.29) is 12.1 Å². The van der Waals surface area contributed by atoms with E-state index >= 15 is 0 Å². The molecule has 0 aliphatic rings. The van der Waals surface area contributed by atoms with Crippen molar-refractivity contribution in [3.63, 3.8) is 0 Å².